The van der Waals surface area contributed by atoms with Crippen LogP contribution in [-0.2, 0) is 20.9 Å². The van der Waals surface area contributed by atoms with Crippen molar-refractivity contribution in [2.45, 2.75) is 38.8 Å². The third kappa shape index (κ3) is 7.41. The first-order valence-electron chi connectivity index (χ1n) is 16.2. The summed E-state index contributed by atoms with van der Waals surface area (Å²) < 4.78 is 26.1. The molecular weight excluding hydrogens is 706 g/mol. The number of ether oxygens (including phenoxy) is 4. The predicted octanol–water partition coefficient (Wildman–Crippen LogP) is 8.55. The lowest BCUT2D eigenvalue weighted by molar-refractivity contribution is -0.133. The van der Waals surface area contributed by atoms with E-state index < -0.39 is 6.04 Å². The van der Waals surface area contributed by atoms with E-state index in [9.17, 15) is 14.4 Å². The molecule has 1 amide bonds. The minimum atomic E-state index is -0.531. The molecule has 10 heteroatoms. The van der Waals surface area contributed by atoms with Gasteiger partial charge in [0, 0.05) is 33.1 Å². The Morgan fingerprint density at radius 3 is 2.29 bits per heavy atom. The van der Waals surface area contributed by atoms with Crippen LogP contribution >= 0.6 is 27.3 Å². The molecule has 0 radical (unpaired) electrons. The van der Waals surface area contributed by atoms with Gasteiger partial charge in [0.25, 0.3) is 5.91 Å². The first-order valence-corrected chi connectivity index (χ1v) is 17.8. The molecular formula is C39H34BrNO7S. The van der Waals surface area contributed by atoms with Gasteiger partial charge in [-0.2, -0.15) is 0 Å². The fourth-order valence-electron chi connectivity index (χ4n) is 6.18. The van der Waals surface area contributed by atoms with Crippen molar-refractivity contribution in [3.63, 3.8) is 0 Å². The summed E-state index contributed by atoms with van der Waals surface area (Å²) in [5.41, 5.74) is 3.71. The number of thiophene rings is 1. The molecule has 5 aromatic rings. The third-order valence-corrected chi connectivity index (χ3v) is 10.4. The quantitative estimate of drug-likeness (QED) is 0.0936. The van der Waals surface area contributed by atoms with Crippen molar-refractivity contribution < 1.29 is 33.3 Å². The van der Waals surface area contributed by atoms with Crippen molar-refractivity contribution in [3.8, 4) is 33.4 Å². The second-order valence-corrected chi connectivity index (χ2v) is 14.1. The minimum Gasteiger partial charge on any atom is -0.491 e. The number of fused-ring (bicyclic) bond motifs is 2. The van der Waals surface area contributed by atoms with Gasteiger partial charge >= 0.3 is 0 Å². The van der Waals surface area contributed by atoms with Crippen LogP contribution in [0.15, 0.2) is 89.4 Å². The number of rotatable bonds is 12. The maximum atomic E-state index is 12.9. The van der Waals surface area contributed by atoms with Crippen LogP contribution in [0.2, 0.25) is 0 Å². The Morgan fingerprint density at radius 1 is 0.816 bits per heavy atom. The Kier molecular flexibility index (Phi) is 9.79. The Labute approximate surface area is 296 Å². The molecule has 4 aromatic carbocycles. The molecule has 49 heavy (non-hydrogen) atoms. The highest BCUT2D eigenvalue weighted by atomic mass is 79.9. The van der Waals surface area contributed by atoms with Crippen LogP contribution in [-0.4, -0.2) is 54.8 Å². The summed E-state index contributed by atoms with van der Waals surface area (Å²) in [5.74, 6) is 2.52. The maximum absolute atomic E-state index is 12.9. The van der Waals surface area contributed by atoms with E-state index in [-0.39, 0.29) is 23.9 Å². The van der Waals surface area contributed by atoms with E-state index >= 15 is 0 Å². The molecule has 250 valence electrons. The van der Waals surface area contributed by atoms with Gasteiger partial charge in [0.2, 0.25) is 0 Å². The van der Waals surface area contributed by atoms with Gasteiger partial charge < -0.3 is 23.8 Å². The second-order valence-electron chi connectivity index (χ2n) is 12.1. The fraction of sp³-hybridized carbons (Fsp3) is 0.256. The first kappa shape index (κ1) is 33.0. The monoisotopic (exact) mass is 739 g/mol. The zero-order valence-electron chi connectivity index (χ0n) is 26.9. The molecule has 1 saturated carbocycles. The largest absolute Gasteiger partial charge is 0.491 e. The van der Waals surface area contributed by atoms with Crippen LogP contribution in [0.5, 0.6) is 23.0 Å². The minimum absolute atomic E-state index is 0.0555. The number of carbonyl (C=O) groups is 3. The predicted molar refractivity (Wildman–Crippen MR) is 192 cm³/mol. The van der Waals surface area contributed by atoms with Crippen LogP contribution in [0, 0.1) is 6.92 Å². The van der Waals surface area contributed by atoms with Crippen molar-refractivity contribution in [1.29, 1.82) is 0 Å². The summed E-state index contributed by atoms with van der Waals surface area (Å²) in [5, 5.41) is 1.08. The fourth-order valence-corrected chi connectivity index (χ4v) is 7.68. The Morgan fingerprint density at radius 2 is 1.53 bits per heavy atom. The summed E-state index contributed by atoms with van der Waals surface area (Å²) in [4.78, 5) is 39.6. The molecule has 2 aliphatic rings. The first-order chi connectivity index (χ1) is 23.8. The molecule has 0 saturated heterocycles. The lowest BCUT2D eigenvalue weighted by Gasteiger charge is -2.29. The molecule has 1 fully saturated rings. The standard InChI is InChI=1S/C39H34BrNO7S/c1-24-2-13-33-36(20-24)49-38(25-3-5-27(40)6-4-25)37(33)48-30-10-8-29(9-11-30)46-18-16-45-17-19-47-31-12-14-32-26(21-31)23-41(39(32)44)34-15-7-28(42)22-35(34)43/h2-6,8-14,20-21,34H,7,15-19,22-23H2,1H3. The van der Waals surface area contributed by atoms with E-state index in [0.29, 0.717) is 57.1 Å². The average molecular weight is 741 g/mol. The summed E-state index contributed by atoms with van der Waals surface area (Å²) >= 11 is 5.26. The lowest BCUT2D eigenvalue weighted by Crippen LogP contribution is -2.44. The van der Waals surface area contributed by atoms with E-state index in [4.69, 9.17) is 18.9 Å². The van der Waals surface area contributed by atoms with Crippen LogP contribution in [0.3, 0.4) is 0 Å². The molecule has 8 nitrogen and oxygen atoms in total. The molecule has 1 aromatic heterocycles. The SMILES string of the molecule is Cc1ccc2c(Oc3ccc(OCCOCCOc4ccc5c(c4)CN(C4CCC(=O)CC4=O)C5=O)cc3)c(-c3ccc(Br)cc3)sc2c1. The number of halogens is 1. The van der Waals surface area contributed by atoms with Gasteiger partial charge in [-0.3, -0.25) is 14.4 Å². The van der Waals surface area contributed by atoms with Crippen molar-refractivity contribution in [3.05, 3.63) is 106 Å². The number of hydrogen-bond donors (Lipinski definition) is 0. The van der Waals surface area contributed by atoms with Gasteiger partial charge in [-0.1, -0.05) is 34.1 Å². The average Bonchev–Trinajstić information content (AvgIpc) is 3.61. The summed E-state index contributed by atoms with van der Waals surface area (Å²) in [6.45, 7) is 3.92. The van der Waals surface area contributed by atoms with Gasteiger partial charge in [-0.25, -0.2) is 0 Å². The molecule has 2 heterocycles. The molecule has 1 aliphatic heterocycles. The lowest BCUT2D eigenvalue weighted by atomic mass is 9.92. The summed E-state index contributed by atoms with van der Waals surface area (Å²) in [7, 11) is 0. The Balaban J connectivity index is 0.866. The van der Waals surface area contributed by atoms with Crippen molar-refractivity contribution in [1.82, 2.24) is 4.90 Å². The van der Waals surface area contributed by atoms with Gasteiger partial charge in [0.15, 0.2) is 11.5 Å². The third-order valence-electron chi connectivity index (χ3n) is 8.67. The van der Waals surface area contributed by atoms with Crippen LogP contribution < -0.4 is 14.2 Å². The maximum Gasteiger partial charge on any atom is 0.255 e. The van der Waals surface area contributed by atoms with E-state index in [2.05, 4.69) is 53.2 Å². The molecule has 1 atom stereocenters. The van der Waals surface area contributed by atoms with Crippen LogP contribution in [0.25, 0.3) is 20.5 Å². The highest BCUT2D eigenvalue weighted by Gasteiger charge is 2.39. The number of aryl methyl sites for hydroxylation is 1. The molecule has 7 rings (SSSR count). The van der Waals surface area contributed by atoms with E-state index in [1.807, 2.05) is 42.5 Å². The molecule has 0 bridgehead atoms. The number of carbonyl (C=O) groups excluding carboxylic acids is 3. The summed E-state index contributed by atoms with van der Waals surface area (Å²) in [6.07, 6.45) is 0.636. The normalized spacial score (nSPS) is 15.9. The van der Waals surface area contributed by atoms with E-state index in [1.165, 1.54) is 10.3 Å². The van der Waals surface area contributed by atoms with Gasteiger partial charge in [-0.05, 0) is 96.8 Å². The Bertz CT molecular complexity index is 2020. The van der Waals surface area contributed by atoms with Gasteiger partial charge in [0.1, 0.15) is 36.2 Å². The zero-order chi connectivity index (χ0) is 33.9. The van der Waals surface area contributed by atoms with Crippen LogP contribution in [0.1, 0.15) is 40.7 Å². The second kappa shape index (κ2) is 14.5. The number of amides is 1. The van der Waals surface area contributed by atoms with Gasteiger partial charge in [-0.15, -0.1) is 11.3 Å². The highest BCUT2D eigenvalue weighted by molar-refractivity contribution is 9.10. The highest BCUT2D eigenvalue weighted by Crippen LogP contribution is 2.46. The molecule has 0 N–H and O–H groups in total. The van der Waals surface area contributed by atoms with Crippen LogP contribution in [0.4, 0.5) is 0 Å². The smallest absolute Gasteiger partial charge is 0.255 e. The Hall–Kier alpha value is -4.51. The topological polar surface area (TPSA) is 91.4 Å². The number of nitrogens with zero attached hydrogens (tertiary/aromatic N) is 1. The zero-order valence-corrected chi connectivity index (χ0v) is 29.3. The molecule has 1 aliphatic carbocycles. The summed E-state index contributed by atoms with van der Waals surface area (Å²) in [6, 6.07) is 27.1. The number of benzene rings is 4. The molecule has 0 spiro atoms. The number of hydrogen-bond acceptors (Lipinski definition) is 8. The van der Waals surface area contributed by atoms with Gasteiger partial charge in [0.05, 0.1) is 30.6 Å². The van der Waals surface area contributed by atoms with Crippen molar-refractivity contribution in [2.75, 3.05) is 26.4 Å². The van der Waals surface area contributed by atoms with E-state index in [1.54, 1.807) is 28.4 Å². The number of ketones is 2. The van der Waals surface area contributed by atoms with Crippen molar-refractivity contribution >= 4 is 54.8 Å². The van der Waals surface area contributed by atoms with Crippen molar-refractivity contribution in [2.24, 2.45) is 0 Å². The van der Waals surface area contributed by atoms with E-state index in [0.717, 1.165) is 43.1 Å². The number of Topliss-reactive ketones (excluding diaryl/α,β-unsaturated/α-hetero) is 2. The molecule has 1 unspecified atom stereocenters.